The van der Waals surface area contributed by atoms with Gasteiger partial charge in [0.25, 0.3) is 5.91 Å². The van der Waals surface area contributed by atoms with Crippen LogP contribution in [0.5, 0.6) is 0 Å². The van der Waals surface area contributed by atoms with Gasteiger partial charge in [-0.1, -0.05) is 11.3 Å². The molecule has 0 aliphatic carbocycles. The molecule has 0 atom stereocenters. The summed E-state index contributed by atoms with van der Waals surface area (Å²) in [5.74, 6) is -0.0185. The molecule has 0 aliphatic rings. The predicted octanol–water partition coefficient (Wildman–Crippen LogP) is 3.22. The van der Waals surface area contributed by atoms with Gasteiger partial charge in [-0.2, -0.15) is 5.10 Å². The van der Waals surface area contributed by atoms with Gasteiger partial charge in [0.05, 0.1) is 9.58 Å². The first-order chi connectivity index (χ1) is 11.7. The predicted molar refractivity (Wildman–Crippen MR) is 100 cm³/mol. The van der Waals surface area contributed by atoms with Crippen LogP contribution in [0.15, 0.2) is 24.5 Å². The van der Waals surface area contributed by atoms with E-state index in [1.54, 1.807) is 17.5 Å². The number of nitrogens with one attached hydrogen (secondary N) is 1. The van der Waals surface area contributed by atoms with Crippen molar-refractivity contribution in [3.05, 3.63) is 29.4 Å². The minimum Gasteiger partial charge on any atom is -0.351 e. The highest BCUT2D eigenvalue weighted by Crippen LogP contribution is 2.34. The van der Waals surface area contributed by atoms with Crippen LogP contribution in [-0.4, -0.2) is 40.3 Å². The minimum absolute atomic E-state index is 0.0185. The third kappa shape index (κ3) is 3.76. The number of nitrogens with zero attached hydrogens (tertiary/aromatic N) is 4. The monoisotopic (exact) mass is 363 g/mol. The molecule has 0 saturated heterocycles. The van der Waals surface area contributed by atoms with Gasteiger partial charge >= 0.3 is 0 Å². The second kappa shape index (κ2) is 7.76. The summed E-state index contributed by atoms with van der Waals surface area (Å²) >= 11 is 3.12. The van der Waals surface area contributed by atoms with Gasteiger partial charge in [-0.3, -0.25) is 9.48 Å². The van der Waals surface area contributed by atoms with Crippen LogP contribution in [0.3, 0.4) is 0 Å². The van der Waals surface area contributed by atoms with Gasteiger partial charge in [0.1, 0.15) is 4.83 Å². The maximum absolute atomic E-state index is 12.2. The highest BCUT2D eigenvalue weighted by molar-refractivity contribution is 7.29. The van der Waals surface area contributed by atoms with Crippen LogP contribution in [0.1, 0.15) is 29.9 Å². The maximum Gasteiger partial charge on any atom is 0.261 e. The normalized spacial score (nSPS) is 11.1. The second-order valence-electron chi connectivity index (χ2n) is 5.33. The zero-order valence-corrected chi connectivity index (χ0v) is 15.5. The summed E-state index contributed by atoms with van der Waals surface area (Å²) in [6.45, 7) is 7.59. The summed E-state index contributed by atoms with van der Waals surface area (Å²) in [6, 6.07) is 3.85. The number of rotatable bonds is 8. The molecule has 6 nitrogen and oxygen atoms in total. The van der Waals surface area contributed by atoms with Crippen molar-refractivity contribution in [2.24, 2.45) is 0 Å². The van der Waals surface area contributed by atoms with Gasteiger partial charge in [0, 0.05) is 38.6 Å². The Morgan fingerprint density at radius 3 is 2.83 bits per heavy atom. The van der Waals surface area contributed by atoms with E-state index in [9.17, 15) is 4.79 Å². The molecule has 0 fully saturated rings. The lowest BCUT2D eigenvalue weighted by Crippen LogP contribution is -2.24. The van der Waals surface area contributed by atoms with Crippen molar-refractivity contribution in [2.45, 2.75) is 26.8 Å². The average Bonchev–Trinajstić information content (AvgIpc) is 3.28. The highest BCUT2D eigenvalue weighted by Gasteiger charge is 2.15. The molecule has 8 heteroatoms. The maximum atomic E-state index is 12.2. The molecule has 0 saturated carbocycles. The highest BCUT2D eigenvalue weighted by atomic mass is 32.1. The number of thiazole rings is 1. The molecule has 0 radical (unpaired) electrons. The van der Waals surface area contributed by atoms with Crippen LogP contribution >= 0.6 is 22.7 Å². The molecular formula is C16H21N5OS2. The molecule has 24 heavy (non-hydrogen) atoms. The van der Waals surface area contributed by atoms with Crippen molar-refractivity contribution in [1.82, 2.24) is 20.1 Å². The fraction of sp³-hybridized carbons (Fsp3) is 0.438. The van der Waals surface area contributed by atoms with E-state index in [-0.39, 0.29) is 5.91 Å². The van der Waals surface area contributed by atoms with Crippen molar-refractivity contribution in [1.29, 1.82) is 0 Å². The first-order valence-corrected chi connectivity index (χ1v) is 9.75. The van der Waals surface area contributed by atoms with Gasteiger partial charge in [-0.05, 0) is 32.4 Å². The number of carbonyl (C=O) groups is 1. The molecule has 3 heterocycles. The van der Waals surface area contributed by atoms with Gasteiger partial charge in [0.2, 0.25) is 0 Å². The summed E-state index contributed by atoms with van der Waals surface area (Å²) in [7, 11) is 0. The first kappa shape index (κ1) is 16.9. The van der Waals surface area contributed by atoms with E-state index >= 15 is 0 Å². The number of carbonyl (C=O) groups excluding carboxylic acids is 1. The number of aromatic nitrogens is 3. The molecule has 0 aromatic carbocycles. The quantitative estimate of drug-likeness (QED) is 0.624. The van der Waals surface area contributed by atoms with E-state index < -0.39 is 0 Å². The van der Waals surface area contributed by atoms with E-state index in [0.717, 1.165) is 45.6 Å². The van der Waals surface area contributed by atoms with Crippen LogP contribution in [0, 0.1) is 0 Å². The lowest BCUT2D eigenvalue weighted by molar-refractivity contribution is 0.0956. The van der Waals surface area contributed by atoms with Crippen molar-refractivity contribution in [3.63, 3.8) is 0 Å². The molecule has 0 spiro atoms. The van der Waals surface area contributed by atoms with Crippen LogP contribution < -0.4 is 10.2 Å². The van der Waals surface area contributed by atoms with E-state index in [1.807, 2.05) is 23.0 Å². The fourth-order valence-corrected chi connectivity index (χ4v) is 4.68. The summed E-state index contributed by atoms with van der Waals surface area (Å²) in [4.78, 5) is 20.8. The molecule has 1 amide bonds. The number of thiophene rings is 1. The number of amides is 1. The van der Waals surface area contributed by atoms with Gasteiger partial charge in [-0.15, -0.1) is 11.3 Å². The Bertz CT molecular complexity index is 757. The average molecular weight is 364 g/mol. The lowest BCUT2D eigenvalue weighted by atomic mass is 10.4. The SMILES string of the molecule is CCN(CC)c1nc2sc(C(=O)NCCCn3cccn3)cc2s1. The molecule has 1 N–H and O–H groups in total. The largest absolute Gasteiger partial charge is 0.351 e. The Kier molecular flexibility index (Phi) is 5.47. The zero-order chi connectivity index (χ0) is 16.9. The number of hydrogen-bond donors (Lipinski definition) is 1. The van der Waals surface area contributed by atoms with E-state index in [1.165, 1.54) is 11.3 Å². The molecule has 0 bridgehead atoms. The lowest BCUT2D eigenvalue weighted by Gasteiger charge is -2.16. The minimum atomic E-state index is -0.0185. The Hall–Kier alpha value is -1.93. The summed E-state index contributed by atoms with van der Waals surface area (Å²) in [5.41, 5.74) is 0. The molecular weight excluding hydrogens is 342 g/mol. The second-order valence-corrected chi connectivity index (χ2v) is 7.37. The Morgan fingerprint density at radius 2 is 2.17 bits per heavy atom. The number of hydrogen-bond acceptors (Lipinski definition) is 6. The smallest absolute Gasteiger partial charge is 0.261 e. The Labute approximate surface area is 149 Å². The third-order valence-corrected chi connectivity index (χ3v) is 5.96. The van der Waals surface area contributed by atoms with Crippen molar-refractivity contribution in [3.8, 4) is 0 Å². The van der Waals surface area contributed by atoms with Gasteiger partial charge in [-0.25, -0.2) is 4.98 Å². The van der Waals surface area contributed by atoms with Crippen molar-refractivity contribution in [2.75, 3.05) is 24.5 Å². The summed E-state index contributed by atoms with van der Waals surface area (Å²) in [6.07, 6.45) is 4.54. The Morgan fingerprint density at radius 1 is 1.33 bits per heavy atom. The van der Waals surface area contributed by atoms with Gasteiger partial charge in [0.15, 0.2) is 5.13 Å². The van der Waals surface area contributed by atoms with E-state index in [0.29, 0.717) is 6.54 Å². The van der Waals surface area contributed by atoms with Crippen molar-refractivity contribution >= 4 is 43.2 Å². The molecule has 3 aromatic heterocycles. The van der Waals surface area contributed by atoms with Gasteiger partial charge < -0.3 is 10.2 Å². The van der Waals surface area contributed by atoms with Crippen LogP contribution in [0.4, 0.5) is 5.13 Å². The number of anilines is 1. The zero-order valence-electron chi connectivity index (χ0n) is 13.9. The van der Waals surface area contributed by atoms with Crippen molar-refractivity contribution < 1.29 is 4.79 Å². The number of aryl methyl sites for hydroxylation is 1. The molecule has 3 rings (SSSR count). The third-order valence-electron chi connectivity index (χ3n) is 3.74. The first-order valence-electron chi connectivity index (χ1n) is 8.12. The molecule has 0 unspecified atom stereocenters. The van der Waals surface area contributed by atoms with E-state index in [2.05, 4.69) is 34.1 Å². The fourth-order valence-electron chi connectivity index (χ4n) is 2.43. The molecule has 0 aliphatic heterocycles. The van der Waals surface area contributed by atoms with E-state index in [4.69, 9.17) is 0 Å². The topological polar surface area (TPSA) is 63.1 Å². The number of fused-ring (bicyclic) bond motifs is 1. The summed E-state index contributed by atoms with van der Waals surface area (Å²) in [5, 5.41) is 8.15. The Balaban J connectivity index is 1.56. The summed E-state index contributed by atoms with van der Waals surface area (Å²) < 4.78 is 2.95. The standard InChI is InChI=1S/C16H21N5OS2/c1-3-20(4-2)16-19-15-13(24-16)11-12(23-15)14(22)17-7-5-9-21-10-6-8-18-21/h6,8,10-11H,3-5,7,9H2,1-2H3,(H,17,22). The van der Waals surface area contributed by atoms with Crippen LogP contribution in [0.2, 0.25) is 0 Å². The molecule has 128 valence electrons. The molecule has 3 aromatic rings. The van der Waals surface area contributed by atoms with Crippen LogP contribution in [-0.2, 0) is 6.54 Å². The van der Waals surface area contributed by atoms with Crippen LogP contribution in [0.25, 0.3) is 9.53 Å².